The van der Waals surface area contributed by atoms with Crippen LogP contribution in [0.5, 0.6) is 0 Å². The van der Waals surface area contributed by atoms with E-state index < -0.39 is 8.03 Å². The maximum Gasteiger partial charge on any atom is 0.548 e. The van der Waals surface area contributed by atoms with Crippen LogP contribution in [0.25, 0.3) is 0 Å². The van der Waals surface area contributed by atoms with Crippen molar-refractivity contribution in [1.82, 2.24) is 0 Å². The van der Waals surface area contributed by atoms with Crippen LogP contribution in [0.2, 0.25) is 0 Å². The minimum atomic E-state index is -1.81. The zero-order valence-electron chi connectivity index (χ0n) is 13.5. The summed E-state index contributed by atoms with van der Waals surface area (Å²) in [6.45, 7) is 6.19. The Morgan fingerprint density at radius 1 is 1.14 bits per heavy atom. The van der Waals surface area contributed by atoms with Gasteiger partial charge in [0.15, 0.2) is 5.78 Å². The van der Waals surface area contributed by atoms with Gasteiger partial charge in [0.1, 0.15) is 0 Å². The molecule has 0 bridgehead atoms. The largest absolute Gasteiger partial charge is 0.548 e. The van der Waals surface area contributed by atoms with E-state index in [-0.39, 0.29) is 11.2 Å². The van der Waals surface area contributed by atoms with Gasteiger partial charge in [-0.3, -0.25) is 4.79 Å². The van der Waals surface area contributed by atoms with Crippen LogP contribution in [-0.2, 0) is 9.09 Å². The number of Topliss-reactive ketones (excluding diaryl/α,β-unsaturated/α-hetero) is 1. The second kappa shape index (κ2) is 8.41. The van der Waals surface area contributed by atoms with E-state index >= 15 is 0 Å². The molecule has 1 aromatic carbocycles. The van der Waals surface area contributed by atoms with Gasteiger partial charge in [-0.15, -0.1) is 4.52 Å². The summed E-state index contributed by atoms with van der Waals surface area (Å²) in [6, 6.07) is 6.92. The molecule has 0 aliphatic carbocycles. The van der Waals surface area contributed by atoms with Gasteiger partial charge >= 0.3 is 8.03 Å². The Balaban J connectivity index is 2.70. The highest BCUT2D eigenvalue weighted by molar-refractivity contribution is 7.48. The van der Waals surface area contributed by atoms with Gasteiger partial charge in [-0.05, 0) is 35.3 Å². The van der Waals surface area contributed by atoms with Crippen molar-refractivity contribution in [2.45, 2.75) is 52.9 Å². The first-order valence-corrected chi connectivity index (χ1v) is 8.76. The monoisotopic (exact) mass is 309 g/mol. The lowest BCUT2D eigenvalue weighted by Crippen LogP contribution is -2.24. The van der Waals surface area contributed by atoms with Gasteiger partial charge in [-0.2, -0.15) is 0 Å². The third-order valence-electron chi connectivity index (χ3n) is 3.78. The van der Waals surface area contributed by atoms with Crippen LogP contribution in [0.4, 0.5) is 0 Å². The normalized spacial score (nSPS) is 12.3. The molecule has 0 heterocycles. The smallest absolute Gasteiger partial charge is 0.294 e. The van der Waals surface area contributed by atoms with E-state index in [1.807, 2.05) is 13.8 Å². The van der Waals surface area contributed by atoms with E-state index in [2.05, 4.69) is 6.92 Å². The number of hydrogen-bond acceptors (Lipinski definition) is 3. The summed E-state index contributed by atoms with van der Waals surface area (Å²) in [5.74, 6) is 0.151. The molecule has 0 N–H and O–H groups in total. The molecule has 1 unspecified atom stereocenters. The summed E-state index contributed by atoms with van der Waals surface area (Å²) in [6.07, 6.45) is 5.59. The van der Waals surface area contributed by atoms with Gasteiger partial charge < -0.3 is 0 Å². The lowest BCUT2D eigenvalue weighted by Gasteiger charge is -2.23. The number of rotatable bonds is 9. The van der Waals surface area contributed by atoms with E-state index in [0.29, 0.717) is 10.9 Å². The minimum absolute atomic E-state index is 0.151. The van der Waals surface area contributed by atoms with Crippen molar-refractivity contribution in [2.75, 3.05) is 7.11 Å². The average molecular weight is 309 g/mol. The molecule has 0 aliphatic rings. The van der Waals surface area contributed by atoms with E-state index in [1.165, 1.54) is 26.4 Å². The average Bonchev–Trinajstić information content (AvgIpc) is 2.50. The maximum atomic E-state index is 12.6. The van der Waals surface area contributed by atoms with Gasteiger partial charge in [-0.25, -0.2) is 0 Å². The second-order valence-electron chi connectivity index (χ2n) is 6.01. The summed E-state index contributed by atoms with van der Waals surface area (Å²) in [5.41, 5.74) is 0.331. The van der Waals surface area contributed by atoms with Crippen molar-refractivity contribution >= 4 is 19.1 Å². The molecule has 0 saturated carbocycles. The van der Waals surface area contributed by atoms with Gasteiger partial charge in [0.2, 0.25) is 5.30 Å². The first kappa shape index (κ1) is 18.0. The van der Waals surface area contributed by atoms with E-state index in [1.54, 1.807) is 24.3 Å². The Hall–Kier alpha value is -1.05. The molecule has 0 aliphatic heterocycles. The molecule has 0 saturated heterocycles. The highest BCUT2D eigenvalue weighted by Gasteiger charge is 2.29. The van der Waals surface area contributed by atoms with E-state index in [0.717, 1.165) is 12.8 Å². The first-order chi connectivity index (χ1) is 9.92. The Bertz CT molecular complexity index is 477. The summed E-state index contributed by atoms with van der Waals surface area (Å²) in [5, 5.41) is 0.616. The van der Waals surface area contributed by atoms with Crippen molar-refractivity contribution in [3.8, 4) is 0 Å². The molecule has 1 atom stereocenters. The zero-order chi connectivity index (χ0) is 15.9. The number of benzene rings is 1. The number of carbonyl (C=O) groups is 1. The van der Waals surface area contributed by atoms with E-state index in [4.69, 9.17) is 4.52 Å². The summed E-state index contributed by atoms with van der Waals surface area (Å²) in [7, 11) is -0.394. The molecular weight excluding hydrogens is 283 g/mol. The van der Waals surface area contributed by atoms with Crippen molar-refractivity contribution in [3.05, 3.63) is 29.8 Å². The molecule has 4 heteroatoms. The molecule has 0 aromatic heterocycles. The predicted molar refractivity (Wildman–Crippen MR) is 87.6 cm³/mol. The number of unbranched alkanes of at least 4 members (excludes halogenated alkanes) is 3. The number of ketones is 1. The van der Waals surface area contributed by atoms with Crippen LogP contribution in [-0.4, -0.2) is 12.9 Å². The molecule has 0 amide bonds. The number of hydrogen-bond donors (Lipinski definition) is 0. The molecule has 1 rings (SSSR count). The molecule has 0 fully saturated rings. The molecule has 116 valence electrons. The first-order valence-electron chi connectivity index (χ1n) is 7.58. The summed E-state index contributed by atoms with van der Waals surface area (Å²) >= 11 is 0. The van der Waals surface area contributed by atoms with Gasteiger partial charge in [0.25, 0.3) is 0 Å². The quantitative estimate of drug-likeness (QED) is 0.371. The summed E-state index contributed by atoms with van der Waals surface area (Å²) in [4.78, 5) is 12.6. The Kier molecular flexibility index (Phi) is 7.21. The predicted octanol–water partition coefficient (Wildman–Crippen LogP) is 4.88. The minimum Gasteiger partial charge on any atom is -0.294 e. The lowest BCUT2D eigenvalue weighted by atomic mass is 9.80. The van der Waals surface area contributed by atoms with Crippen LogP contribution in [0.15, 0.2) is 24.3 Å². The third kappa shape index (κ3) is 5.33. The lowest BCUT2D eigenvalue weighted by molar-refractivity contribution is 0.0822. The van der Waals surface area contributed by atoms with Crippen LogP contribution in [0, 0.1) is 5.41 Å². The van der Waals surface area contributed by atoms with Crippen molar-refractivity contribution in [3.63, 3.8) is 0 Å². The third-order valence-corrected chi connectivity index (χ3v) is 4.83. The van der Waals surface area contributed by atoms with Crippen LogP contribution < -0.4 is 5.30 Å². The van der Waals surface area contributed by atoms with Gasteiger partial charge in [-0.1, -0.05) is 46.5 Å². The van der Waals surface area contributed by atoms with Crippen LogP contribution in [0.1, 0.15) is 63.2 Å². The number of carbonyl (C=O) groups excluding carboxylic acids is 1. The molecular formula is C17H26O3P+. The molecule has 3 nitrogen and oxygen atoms in total. The van der Waals surface area contributed by atoms with Gasteiger partial charge in [0, 0.05) is 11.0 Å². The maximum absolute atomic E-state index is 12.6. The zero-order valence-corrected chi connectivity index (χ0v) is 14.4. The summed E-state index contributed by atoms with van der Waals surface area (Å²) < 4.78 is 16.3. The fourth-order valence-corrected chi connectivity index (χ4v) is 2.94. The molecule has 1 aromatic rings. The molecule has 21 heavy (non-hydrogen) atoms. The Morgan fingerprint density at radius 2 is 1.76 bits per heavy atom. The fraction of sp³-hybridized carbons (Fsp3) is 0.588. The van der Waals surface area contributed by atoms with Crippen molar-refractivity contribution in [2.24, 2.45) is 5.41 Å². The van der Waals surface area contributed by atoms with Crippen molar-refractivity contribution < 1.29 is 13.9 Å². The molecule has 0 radical (unpaired) electrons. The second-order valence-corrected chi connectivity index (χ2v) is 7.41. The Labute approximate surface area is 129 Å². The van der Waals surface area contributed by atoms with Crippen LogP contribution >= 0.6 is 8.03 Å². The van der Waals surface area contributed by atoms with Crippen LogP contribution in [0.3, 0.4) is 0 Å². The van der Waals surface area contributed by atoms with Crippen molar-refractivity contribution in [1.29, 1.82) is 0 Å². The topological polar surface area (TPSA) is 43.4 Å². The van der Waals surface area contributed by atoms with Gasteiger partial charge in [0.05, 0.1) is 7.11 Å². The fourth-order valence-electron chi connectivity index (χ4n) is 2.34. The Morgan fingerprint density at radius 3 is 2.29 bits per heavy atom. The SMILES string of the molecule is CCCCCCC(C)(C)C(=O)c1ccc([P+](=O)OC)cc1. The van der Waals surface area contributed by atoms with E-state index in [9.17, 15) is 9.36 Å². The standard InChI is InChI=1S/C17H26O3P/c1-5-6-7-8-13-17(2,3)16(18)14-9-11-15(12-10-14)21(19)20-4/h9-12H,5-8,13H2,1-4H3/q+1. The highest BCUT2D eigenvalue weighted by Crippen LogP contribution is 2.29. The highest BCUT2D eigenvalue weighted by atomic mass is 31.1. The molecule has 0 spiro atoms.